The molecule has 0 radical (unpaired) electrons. The highest BCUT2D eigenvalue weighted by Crippen LogP contribution is 2.39. The molecule has 0 saturated heterocycles. The van der Waals surface area contributed by atoms with E-state index in [9.17, 15) is 0 Å². The van der Waals surface area contributed by atoms with Crippen LogP contribution in [0.4, 0.5) is 0 Å². The lowest BCUT2D eigenvalue weighted by Gasteiger charge is -2.29. The predicted molar refractivity (Wildman–Crippen MR) is 68.3 cm³/mol. The van der Waals surface area contributed by atoms with Gasteiger partial charge in [0.05, 0.1) is 18.3 Å². The Bertz CT molecular complexity index is 530. The number of hydrogen-bond acceptors (Lipinski definition) is 4. The van der Waals surface area contributed by atoms with Gasteiger partial charge in [0.15, 0.2) is 0 Å². The number of para-hydroxylation sites is 1. The van der Waals surface area contributed by atoms with Crippen LogP contribution in [-0.2, 0) is 0 Å². The molecule has 2 heterocycles. The van der Waals surface area contributed by atoms with E-state index in [1.807, 2.05) is 18.2 Å². The van der Waals surface area contributed by atoms with Crippen LogP contribution >= 0.6 is 0 Å². The first-order valence-electron chi connectivity index (χ1n) is 6.09. The minimum atomic E-state index is -0.135. The molecule has 0 spiro atoms. The molecule has 92 valence electrons. The summed E-state index contributed by atoms with van der Waals surface area (Å²) >= 11 is 0. The van der Waals surface area contributed by atoms with Crippen molar-refractivity contribution in [1.82, 2.24) is 9.97 Å². The number of nitrogens with two attached hydrogens (primary N) is 1. The van der Waals surface area contributed by atoms with Crippen LogP contribution in [0.15, 0.2) is 42.9 Å². The first kappa shape index (κ1) is 11.2. The van der Waals surface area contributed by atoms with Crippen molar-refractivity contribution in [2.45, 2.75) is 18.4 Å². The lowest BCUT2D eigenvalue weighted by atomic mass is 9.86. The van der Waals surface area contributed by atoms with Crippen LogP contribution in [0.3, 0.4) is 0 Å². The molecule has 4 heteroatoms. The summed E-state index contributed by atoms with van der Waals surface area (Å²) in [6.45, 7) is 0.704. The highest BCUT2D eigenvalue weighted by molar-refractivity contribution is 5.39. The Kier molecular flexibility index (Phi) is 2.94. The number of benzene rings is 1. The summed E-state index contributed by atoms with van der Waals surface area (Å²) in [5.74, 6) is 1.18. The summed E-state index contributed by atoms with van der Waals surface area (Å²) < 4.78 is 5.65. The largest absolute Gasteiger partial charge is 0.493 e. The molecule has 2 N–H and O–H groups in total. The maximum absolute atomic E-state index is 6.33. The van der Waals surface area contributed by atoms with Crippen LogP contribution in [0.1, 0.15) is 29.6 Å². The van der Waals surface area contributed by atoms with E-state index < -0.39 is 0 Å². The van der Waals surface area contributed by atoms with E-state index in [1.54, 1.807) is 18.6 Å². The summed E-state index contributed by atoms with van der Waals surface area (Å²) in [5, 5.41) is 0. The van der Waals surface area contributed by atoms with Gasteiger partial charge in [-0.05, 0) is 18.1 Å². The first-order chi connectivity index (χ1) is 8.86. The fourth-order valence-corrected chi connectivity index (χ4v) is 2.43. The molecule has 3 rings (SSSR count). The summed E-state index contributed by atoms with van der Waals surface area (Å²) in [4.78, 5) is 8.38. The Balaban J connectivity index is 1.94. The van der Waals surface area contributed by atoms with Crippen LogP contribution in [-0.4, -0.2) is 16.6 Å². The van der Waals surface area contributed by atoms with Crippen molar-refractivity contribution in [2.75, 3.05) is 6.61 Å². The van der Waals surface area contributed by atoms with E-state index in [4.69, 9.17) is 10.5 Å². The zero-order chi connectivity index (χ0) is 12.4. The van der Waals surface area contributed by atoms with Crippen molar-refractivity contribution in [3.05, 3.63) is 54.1 Å². The van der Waals surface area contributed by atoms with Crippen molar-refractivity contribution in [1.29, 1.82) is 0 Å². The molecule has 18 heavy (non-hydrogen) atoms. The number of hydrogen-bond donors (Lipinski definition) is 1. The van der Waals surface area contributed by atoms with Gasteiger partial charge in [-0.25, -0.2) is 0 Å². The standard InChI is InChI=1S/C14H15N3O/c15-14(12-9-16-6-7-17-12)11-5-8-18-13-4-2-1-3-10(11)13/h1-4,6-7,9,11,14H,5,8,15H2. The third-order valence-electron chi connectivity index (χ3n) is 3.36. The zero-order valence-electron chi connectivity index (χ0n) is 9.99. The Hall–Kier alpha value is -1.94. The third-order valence-corrected chi connectivity index (χ3v) is 3.36. The van der Waals surface area contributed by atoms with Gasteiger partial charge in [-0.15, -0.1) is 0 Å². The SMILES string of the molecule is NC(c1cnccn1)C1CCOc2ccccc21. The molecule has 2 unspecified atom stereocenters. The van der Waals surface area contributed by atoms with Gasteiger partial charge in [0.1, 0.15) is 5.75 Å². The van der Waals surface area contributed by atoms with Gasteiger partial charge in [-0.1, -0.05) is 18.2 Å². The molecule has 0 aliphatic carbocycles. The summed E-state index contributed by atoms with van der Waals surface area (Å²) in [5.41, 5.74) is 8.33. The van der Waals surface area contributed by atoms with E-state index >= 15 is 0 Å². The summed E-state index contributed by atoms with van der Waals surface area (Å²) in [6, 6.07) is 7.93. The van der Waals surface area contributed by atoms with E-state index in [0.29, 0.717) is 6.61 Å². The van der Waals surface area contributed by atoms with Gasteiger partial charge in [0.25, 0.3) is 0 Å². The van der Waals surface area contributed by atoms with E-state index in [1.165, 1.54) is 5.56 Å². The maximum atomic E-state index is 6.33. The zero-order valence-corrected chi connectivity index (χ0v) is 9.99. The smallest absolute Gasteiger partial charge is 0.122 e. The number of aromatic nitrogens is 2. The molecule has 0 fully saturated rings. The fourth-order valence-electron chi connectivity index (χ4n) is 2.43. The Morgan fingerprint density at radius 3 is 3.00 bits per heavy atom. The number of rotatable bonds is 2. The van der Waals surface area contributed by atoms with Gasteiger partial charge in [-0.3, -0.25) is 9.97 Å². The minimum Gasteiger partial charge on any atom is -0.493 e. The summed E-state index contributed by atoms with van der Waals surface area (Å²) in [7, 11) is 0. The van der Waals surface area contributed by atoms with E-state index in [-0.39, 0.29) is 12.0 Å². The van der Waals surface area contributed by atoms with Crippen molar-refractivity contribution >= 4 is 0 Å². The van der Waals surface area contributed by atoms with E-state index in [2.05, 4.69) is 16.0 Å². The van der Waals surface area contributed by atoms with Crippen molar-refractivity contribution in [3.63, 3.8) is 0 Å². The Labute approximate surface area is 106 Å². The van der Waals surface area contributed by atoms with E-state index in [0.717, 1.165) is 17.9 Å². The van der Waals surface area contributed by atoms with Gasteiger partial charge < -0.3 is 10.5 Å². The first-order valence-corrected chi connectivity index (χ1v) is 6.09. The third kappa shape index (κ3) is 1.95. The monoisotopic (exact) mass is 241 g/mol. The van der Waals surface area contributed by atoms with Gasteiger partial charge in [-0.2, -0.15) is 0 Å². The van der Waals surface area contributed by atoms with Gasteiger partial charge in [0, 0.05) is 24.5 Å². The number of ether oxygens (including phenoxy) is 1. The lowest BCUT2D eigenvalue weighted by molar-refractivity contribution is 0.255. The topological polar surface area (TPSA) is 61.0 Å². The Morgan fingerprint density at radius 2 is 2.17 bits per heavy atom. The lowest BCUT2D eigenvalue weighted by Crippen LogP contribution is -2.26. The quantitative estimate of drug-likeness (QED) is 0.874. The number of nitrogens with zero attached hydrogens (tertiary/aromatic N) is 2. The molecular formula is C14H15N3O. The summed E-state index contributed by atoms with van der Waals surface area (Å²) in [6.07, 6.45) is 5.99. The van der Waals surface area contributed by atoms with Crippen LogP contribution in [0.5, 0.6) is 5.75 Å². The molecule has 0 bridgehead atoms. The molecule has 1 aromatic carbocycles. The maximum Gasteiger partial charge on any atom is 0.122 e. The van der Waals surface area contributed by atoms with Crippen molar-refractivity contribution in [2.24, 2.45) is 5.73 Å². The minimum absolute atomic E-state index is 0.135. The van der Waals surface area contributed by atoms with Gasteiger partial charge >= 0.3 is 0 Å². The second kappa shape index (κ2) is 4.74. The van der Waals surface area contributed by atoms with Crippen LogP contribution in [0.2, 0.25) is 0 Å². The molecule has 2 aromatic rings. The second-order valence-corrected chi connectivity index (χ2v) is 4.44. The highest BCUT2D eigenvalue weighted by atomic mass is 16.5. The molecule has 1 aliphatic rings. The molecular weight excluding hydrogens is 226 g/mol. The predicted octanol–water partition coefficient (Wildman–Crippen LogP) is 2.04. The van der Waals surface area contributed by atoms with Gasteiger partial charge in [0.2, 0.25) is 0 Å². The van der Waals surface area contributed by atoms with Crippen LogP contribution in [0.25, 0.3) is 0 Å². The normalized spacial score (nSPS) is 19.7. The Morgan fingerprint density at radius 1 is 1.28 bits per heavy atom. The average Bonchev–Trinajstić information content (AvgIpc) is 2.47. The molecule has 1 aromatic heterocycles. The molecule has 1 aliphatic heterocycles. The molecule has 4 nitrogen and oxygen atoms in total. The van der Waals surface area contributed by atoms with Crippen LogP contribution < -0.4 is 10.5 Å². The fraction of sp³-hybridized carbons (Fsp3) is 0.286. The molecule has 2 atom stereocenters. The average molecular weight is 241 g/mol. The molecule has 0 saturated carbocycles. The van der Waals surface area contributed by atoms with Crippen molar-refractivity contribution in [3.8, 4) is 5.75 Å². The van der Waals surface area contributed by atoms with Crippen LogP contribution in [0, 0.1) is 0 Å². The number of fused-ring (bicyclic) bond motifs is 1. The highest BCUT2D eigenvalue weighted by Gasteiger charge is 2.28. The molecule has 0 amide bonds. The van der Waals surface area contributed by atoms with Crippen molar-refractivity contribution < 1.29 is 4.74 Å². The second-order valence-electron chi connectivity index (χ2n) is 4.44.